The third kappa shape index (κ3) is 4.65. The van der Waals surface area contributed by atoms with Crippen molar-refractivity contribution in [3.8, 4) is 11.5 Å². The molecule has 1 aromatic heterocycles. The second kappa shape index (κ2) is 8.91. The van der Waals surface area contributed by atoms with Crippen molar-refractivity contribution in [3.05, 3.63) is 52.8 Å². The first-order chi connectivity index (χ1) is 13.9. The molecule has 152 valence electrons. The van der Waals surface area contributed by atoms with Crippen LogP contribution in [0.15, 0.2) is 47.5 Å². The zero-order valence-electron chi connectivity index (χ0n) is 16.7. The molecule has 3 rings (SSSR count). The lowest BCUT2D eigenvalue weighted by atomic mass is 10.2. The molecular weight excluding hydrogens is 392 g/mol. The van der Waals surface area contributed by atoms with Crippen LogP contribution in [0.3, 0.4) is 0 Å². The van der Waals surface area contributed by atoms with E-state index in [1.165, 1.54) is 18.4 Å². The van der Waals surface area contributed by atoms with Crippen LogP contribution in [0.2, 0.25) is 0 Å². The molecular formula is C21H22N2O5S. The molecule has 3 aromatic rings. The number of carbonyl (C=O) groups is 2. The molecule has 0 saturated heterocycles. The number of para-hydroxylation sites is 1. The van der Waals surface area contributed by atoms with Crippen LogP contribution in [-0.2, 0) is 16.1 Å². The minimum Gasteiger partial charge on any atom is -0.495 e. The summed E-state index contributed by atoms with van der Waals surface area (Å²) < 4.78 is 18.3. The van der Waals surface area contributed by atoms with Gasteiger partial charge < -0.3 is 18.8 Å². The number of ether oxygens (including phenoxy) is 3. The third-order valence-corrected chi connectivity index (χ3v) is 5.11. The minimum atomic E-state index is -0.445. The Morgan fingerprint density at radius 1 is 1.10 bits per heavy atom. The number of hydrogen-bond donors (Lipinski definition) is 0. The molecule has 0 spiro atoms. The molecule has 0 saturated carbocycles. The SMILES string of the molecule is COC(=O)Cn1c(=NC(=O)c2ccc(OC(C)C)cc2)sc2cccc(OC)c21. The van der Waals surface area contributed by atoms with E-state index in [-0.39, 0.29) is 12.6 Å². The number of esters is 1. The standard InChI is InChI=1S/C21H22N2O5S/c1-13(2)28-15-10-8-14(9-11-15)20(25)22-21-23(12-18(24)27-4)19-16(26-3)6-5-7-17(19)29-21/h5-11,13H,12H2,1-4H3. The molecule has 0 aliphatic rings. The molecule has 0 unspecified atom stereocenters. The van der Waals surface area contributed by atoms with E-state index < -0.39 is 11.9 Å². The average Bonchev–Trinajstić information content (AvgIpc) is 3.04. The Morgan fingerprint density at radius 2 is 1.83 bits per heavy atom. The molecule has 0 atom stereocenters. The van der Waals surface area contributed by atoms with Gasteiger partial charge in [0, 0.05) is 5.56 Å². The Kier molecular flexibility index (Phi) is 6.33. The van der Waals surface area contributed by atoms with Gasteiger partial charge in [-0.1, -0.05) is 17.4 Å². The van der Waals surface area contributed by atoms with Crippen LogP contribution in [0.1, 0.15) is 24.2 Å². The molecule has 1 amide bonds. The second-order valence-electron chi connectivity index (χ2n) is 6.46. The smallest absolute Gasteiger partial charge is 0.325 e. The Labute approximate surface area is 172 Å². The highest BCUT2D eigenvalue weighted by atomic mass is 32.1. The first-order valence-corrected chi connectivity index (χ1v) is 9.83. The van der Waals surface area contributed by atoms with Gasteiger partial charge in [-0.2, -0.15) is 4.99 Å². The lowest BCUT2D eigenvalue weighted by molar-refractivity contribution is -0.141. The number of thiazole rings is 1. The second-order valence-corrected chi connectivity index (χ2v) is 7.47. The highest BCUT2D eigenvalue weighted by Gasteiger charge is 2.15. The van der Waals surface area contributed by atoms with E-state index in [9.17, 15) is 9.59 Å². The molecule has 0 bridgehead atoms. The maximum atomic E-state index is 12.7. The number of aromatic nitrogens is 1. The number of fused-ring (bicyclic) bond motifs is 1. The topological polar surface area (TPSA) is 79.1 Å². The summed E-state index contributed by atoms with van der Waals surface area (Å²) in [7, 11) is 2.87. The van der Waals surface area contributed by atoms with Crippen molar-refractivity contribution in [2.24, 2.45) is 4.99 Å². The lowest BCUT2D eigenvalue weighted by Crippen LogP contribution is -2.22. The quantitative estimate of drug-likeness (QED) is 0.578. The predicted molar refractivity (Wildman–Crippen MR) is 110 cm³/mol. The predicted octanol–water partition coefficient (Wildman–Crippen LogP) is 3.41. The molecule has 0 radical (unpaired) electrons. The fourth-order valence-corrected chi connectivity index (χ4v) is 3.83. The number of methoxy groups -OCH3 is 2. The molecule has 29 heavy (non-hydrogen) atoms. The summed E-state index contributed by atoms with van der Waals surface area (Å²) in [6.07, 6.45) is 0.0482. The Morgan fingerprint density at radius 3 is 2.45 bits per heavy atom. The van der Waals surface area contributed by atoms with Gasteiger partial charge >= 0.3 is 5.97 Å². The van der Waals surface area contributed by atoms with Crippen LogP contribution in [-0.4, -0.2) is 36.8 Å². The van der Waals surface area contributed by atoms with E-state index in [0.29, 0.717) is 27.4 Å². The van der Waals surface area contributed by atoms with Crippen molar-refractivity contribution < 1.29 is 23.8 Å². The van der Waals surface area contributed by atoms with E-state index in [1.807, 2.05) is 26.0 Å². The highest BCUT2D eigenvalue weighted by Crippen LogP contribution is 2.27. The fraction of sp³-hybridized carbons (Fsp3) is 0.286. The highest BCUT2D eigenvalue weighted by molar-refractivity contribution is 7.16. The normalized spacial score (nSPS) is 11.7. The molecule has 7 nitrogen and oxygen atoms in total. The van der Waals surface area contributed by atoms with Crippen LogP contribution in [0.25, 0.3) is 10.2 Å². The van der Waals surface area contributed by atoms with Crippen molar-refractivity contribution in [1.82, 2.24) is 4.57 Å². The van der Waals surface area contributed by atoms with Crippen molar-refractivity contribution in [3.63, 3.8) is 0 Å². The monoisotopic (exact) mass is 414 g/mol. The van der Waals surface area contributed by atoms with Crippen LogP contribution in [0, 0.1) is 0 Å². The fourth-order valence-electron chi connectivity index (χ4n) is 2.79. The van der Waals surface area contributed by atoms with Crippen molar-refractivity contribution in [2.45, 2.75) is 26.5 Å². The van der Waals surface area contributed by atoms with Gasteiger partial charge in [0.15, 0.2) is 4.80 Å². The molecule has 1 heterocycles. The van der Waals surface area contributed by atoms with Crippen LogP contribution < -0.4 is 14.3 Å². The summed E-state index contributed by atoms with van der Waals surface area (Å²) in [5.74, 6) is 0.417. The van der Waals surface area contributed by atoms with E-state index in [0.717, 1.165) is 4.70 Å². The van der Waals surface area contributed by atoms with Gasteiger partial charge in [0.1, 0.15) is 23.6 Å². The Hall–Kier alpha value is -3.13. The number of hydrogen-bond acceptors (Lipinski definition) is 6. The van der Waals surface area contributed by atoms with Crippen LogP contribution in [0.5, 0.6) is 11.5 Å². The summed E-state index contributed by atoms with van der Waals surface area (Å²) >= 11 is 1.30. The molecule has 0 N–H and O–H groups in total. The number of benzene rings is 2. The first-order valence-electron chi connectivity index (χ1n) is 9.02. The molecule has 0 aliphatic carbocycles. The van der Waals surface area contributed by atoms with E-state index >= 15 is 0 Å². The van der Waals surface area contributed by atoms with Gasteiger partial charge in [-0.3, -0.25) is 9.59 Å². The van der Waals surface area contributed by atoms with Crippen molar-refractivity contribution >= 4 is 33.4 Å². The van der Waals surface area contributed by atoms with Gasteiger partial charge in [-0.15, -0.1) is 0 Å². The van der Waals surface area contributed by atoms with Gasteiger partial charge in [0.25, 0.3) is 5.91 Å². The van der Waals surface area contributed by atoms with E-state index in [1.54, 1.807) is 42.0 Å². The largest absolute Gasteiger partial charge is 0.495 e. The van der Waals surface area contributed by atoms with Crippen LogP contribution in [0.4, 0.5) is 0 Å². The Bertz CT molecular complexity index is 1100. The van der Waals surface area contributed by atoms with Gasteiger partial charge in [0.05, 0.1) is 25.0 Å². The zero-order valence-corrected chi connectivity index (χ0v) is 17.5. The number of carbonyl (C=O) groups excluding carboxylic acids is 2. The summed E-state index contributed by atoms with van der Waals surface area (Å²) in [5, 5.41) is 0. The molecule has 0 fully saturated rings. The summed E-state index contributed by atoms with van der Waals surface area (Å²) in [5.41, 5.74) is 1.12. The number of rotatable bonds is 6. The maximum Gasteiger partial charge on any atom is 0.325 e. The summed E-state index contributed by atoms with van der Waals surface area (Å²) in [4.78, 5) is 29.3. The van der Waals surface area contributed by atoms with Gasteiger partial charge in [0.2, 0.25) is 0 Å². The van der Waals surface area contributed by atoms with Crippen molar-refractivity contribution in [1.29, 1.82) is 0 Å². The zero-order chi connectivity index (χ0) is 21.0. The maximum absolute atomic E-state index is 12.7. The molecule has 2 aromatic carbocycles. The third-order valence-electron chi connectivity index (χ3n) is 4.07. The molecule has 8 heteroatoms. The van der Waals surface area contributed by atoms with Gasteiger partial charge in [-0.05, 0) is 50.2 Å². The van der Waals surface area contributed by atoms with Crippen molar-refractivity contribution in [2.75, 3.05) is 14.2 Å². The first kappa shape index (κ1) is 20.6. The average molecular weight is 414 g/mol. The van der Waals surface area contributed by atoms with Gasteiger partial charge in [-0.25, -0.2) is 0 Å². The minimum absolute atomic E-state index is 0.0482. The van der Waals surface area contributed by atoms with Crippen LogP contribution >= 0.6 is 11.3 Å². The number of nitrogens with zero attached hydrogens (tertiary/aromatic N) is 2. The summed E-state index contributed by atoms with van der Waals surface area (Å²) in [6, 6.07) is 12.3. The van der Waals surface area contributed by atoms with E-state index in [2.05, 4.69) is 4.99 Å². The number of amides is 1. The molecule has 0 aliphatic heterocycles. The summed E-state index contributed by atoms with van der Waals surface area (Å²) in [6.45, 7) is 3.79. The van der Waals surface area contributed by atoms with E-state index in [4.69, 9.17) is 14.2 Å². The Balaban J connectivity index is 2.05. The lowest BCUT2D eigenvalue weighted by Gasteiger charge is -2.09.